The van der Waals surface area contributed by atoms with Gasteiger partial charge in [-0.25, -0.2) is 0 Å². The minimum absolute atomic E-state index is 0.437. The maximum Gasteiger partial charge on any atom is 0.191 e. The molecule has 2 atom stereocenters. The molecule has 0 radical (unpaired) electrons. The first-order chi connectivity index (χ1) is 11.7. The maximum atomic E-state index is 4.71. The van der Waals surface area contributed by atoms with Crippen LogP contribution in [-0.2, 0) is 6.54 Å². The Morgan fingerprint density at radius 1 is 1.17 bits per heavy atom. The summed E-state index contributed by atoms with van der Waals surface area (Å²) in [6, 6.07) is 12.5. The molecule has 1 aromatic carbocycles. The van der Waals surface area contributed by atoms with Crippen molar-refractivity contribution in [2.24, 2.45) is 10.9 Å². The molecule has 0 aliphatic rings. The number of hydrogen-bond acceptors (Lipinski definition) is 2. The lowest BCUT2D eigenvalue weighted by Crippen LogP contribution is -2.39. The summed E-state index contributed by atoms with van der Waals surface area (Å²) in [6.07, 6.45) is 3.80. The van der Waals surface area contributed by atoms with Gasteiger partial charge in [-0.05, 0) is 30.4 Å². The molecule has 1 heterocycles. The van der Waals surface area contributed by atoms with Crippen molar-refractivity contribution in [2.45, 2.75) is 33.2 Å². The molecule has 0 saturated heterocycles. The van der Waals surface area contributed by atoms with E-state index in [1.54, 1.807) is 0 Å². The second-order valence-electron chi connectivity index (χ2n) is 6.25. The quantitative estimate of drug-likeness (QED) is 0.579. The number of rotatable bonds is 8. The topological polar surface area (TPSA) is 54.2 Å². The van der Waals surface area contributed by atoms with E-state index < -0.39 is 0 Å². The number of hydrogen-bond donors (Lipinski definition) is 2. The number of nitrogens with one attached hydrogen (secondary N) is 2. The first-order valence-electron chi connectivity index (χ1n) is 8.73. The highest BCUT2D eigenvalue weighted by atomic mass is 15.3. The predicted molar refractivity (Wildman–Crippen MR) is 100 cm³/mol. The van der Waals surface area contributed by atoms with E-state index in [2.05, 4.69) is 66.8 Å². The van der Waals surface area contributed by atoms with Crippen LogP contribution in [-0.4, -0.2) is 35.4 Å². The SMILES string of the molecule is CCNC(=NCC(C)Cn1cccn1)NCC(C)c1ccccc1. The van der Waals surface area contributed by atoms with E-state index in [9.17, 15) is 0 Å². The van der Waals surface area contributed by atoms with Gasteiger partial charge in [-0.15, -0.1) is 0 Å². The van der Waals surface area contributed by atoms with Gasteiger partial charge in [0.15, 0.2) is 5.96 Å². The summed E-state index contributed by atoms with van der Waals surface area (Å²) >= 11 is 0. The van der Waals surface area contributed by atoms with E-state index in [0.717, 1.165) is 32.1 Å². The van der Waals surface area contributed by atoms with Gasteiger partial charge in [-0.1, -0.05) is 44.2 Å². The van der Waals surface area contributed by atoms with E-state index in [1.807, 2.05) is 23.1 Å². The highest BCUT2D eigenvalue weighted by Gasteiger charge is 2.07. The van der Waals surface area contributed by atoms with Crippen molar-refractivity contribution in [3.05, 3.63) is 54.4 Å². The van der Waals surface area contributed by atoms with Gasteiger partial charge in [0.2, 0.25) is 0 Å². The molecule has 2 aromatic rings. The number of nitrogens with zero attached hydrogens (tertiary/aromatic N) is 3. The molecule has 2 unspecified atom stereocenters. The molecular formula is C19H29N5. The third kappa shape index (κ3) is 6.07. The molecule has 5 heteroatoms. The number of aliphatic imine (C=N–C) groups is 1. The molecule has 0 aliphatic carbocycles. The zero-order valence-corrected chi connectivity index (χ0v) is 14.9. The smallest absolute Gasteiger partial charge is 0.191 e. The highest BCUT2D eigenvalue weighted by molar-refractivity contribution is 5.79. The van der Waals surface area contributed by atoms with Crippen LogP contribution in [0.2, 0.25) is 0 Å². The molecule has 0 aliphatic heterocycles. The average Bonchev–Trinajstić information content (AvgIpc) is 3.10. The van der Waals surface area contributed by atoms with Gasteiger partial charge in [0, 0.05) is 38.6 Å². The summed E-state index contributed by atoms with van der Waals surface area (Å²) in [5.41, 5.74) is 1.34. The van der Waals surface area contributed by atoms with Crippen LogP contribution in [0.25, 0.3) is 0 Å². The van der Waals surface area contributed by atoms with Gasteiger partial charge in [0.05, 0.1) is 0 Å². The summed E-state index contributed by atoms with van der Waals surface area (Å²) in [4.78, 5) is 4.71. The number of aromatic nitrogens is 2. The van der Waals surface area contributed by atoms with Crippen LogP contribution in [0.5, 0.6) is 0 Å². The molecule has 0 spiro atoms. The van der Waals surface area contributed by atoms with E-state index in [-0.39, 0.29) is 0 Å². The Hall–Kier alpha value is -2.30. The van der Waals surface area contributed by atoms with Gasteiger partial charge in [-0.2, -0.15) is 5.10 Å². The summed E-state index contributed by atoms with van der Waals surface area (Å²) < 4.78 is 1.96. The molecule has 0 saturated carbocycles. The lowest BCUT2D eigenvalue weighted by atomic mass is 10.0. The van der Waals surface area contributed by atoms with Crippen molar-refractivity contribution in [3.63, 3.8) is 0 Å². The fraction of sp³-hybridized carbons (Fsp3) is 0.474. The fourth-order valence-corrected chi connectivity index (χ4v) is 2.52. The van der Waals surface area contributed by atoms with Crippen molar-refractivity contribution >= 4 is 5.96 Å². The Kier molecular flexibility index (Phi) is 7.33. The third-order valence-corrected chi connectivity index (χ3v) is 3.91. The molecule has 0 bridgehead atoms. The second-order valence-corrected chi connectivity index (χ2v) is 6.25. The first kappa shape index (κ1) is 18.0. The molecular weight excluding hydrogens is 298 g/mol. The summed E-state index contributed by atoms with van der Waals surface area (Å²) in [5, 5.41) is 11.0. The summed E-state index contributed by atoms with van der Waals surface area (Å²) in [5.74, 6) is 1.76. The lowest BCUT2D eigenvalue weighted by molar-refractivity contribution is 0.458. The summed E-state index contributed by atoms with van der Waals surface area (Å²) in [6.45, 7) is 9.90. The van der Waals surface area contributed by atoms with Gasteiger partial charge in [-0.3, -0.25) is 9.67 Å². The summed E-state index contributed by atoms with van der Waals surface area (Å²) in [7, 11) is 0. The average molecular weight is 327 g/mol. The number of benzene rings is 1. The molecule has 2 N–H and O–H groups in total. The Balaban J connectivity index is 1.83. The van der Waals surface area contributed by atoms with Crippen molar-refractivity contribution in [2.75, 3.05) is 19.6 Å². The zero-order valence-electron chi connectivity index (χ0n) is 14.9. The molecule has 0 fully saturated rings. The van der Waals surface area contributed by atoms with Gasteiger partial charge < -0.3 is 10.6 Å². The van der Waals surface area contributed by atoms with Crippen LogP contribution in [0.3, 0.4) is 0 Å². The third-order valence-electron chi connectivity index (χ3n) is 3.91. The predicted octanol–water partition coefficient (Wildman–Crippen LogP) is 2.88. The normalized spacial score (nSPS) is 14.2. The second kappa shape index (κ2) is 9.75. The fourth-order valence-electron chi connectivity index (χ4n) is 2.52. The van der Waals surface area contributed by atoms with Crippen LogP contribution in [0.15, 0.2) is 53.8 Å². The molecule has 2 rings (SSSR count). The monoisotopic (exact) mass is 327 g/mol. The van der Waals surface area contributed by atoms with Gasteiger partial charge in [0.1, 0.15) is 0 Å². The number of guanidine groups is 1. The largest absolute Gasteiger partial charge is 0.357 e. The molecule has 130 valence electrons. The first-order valence-corrected chi connectivity index (χ1v) is 8.73. The van der Waals surface area contributed by atoms with Crippen LogP contribution in [0, 0.1) is 5.92 Å². The maximum absolute atomic E-state index is 4.71. The zero-order chi connectivity index (χ0) is 17.2. The lowest BCUT2D eigenvalue weighted by Gasteiger charge is -2.17. The molecule has 5 nitrogen and oxygen atoms in total. The minimum Gasteiger partial charge on any atom is -0.357 e. The molecule has 1 aromatic heterocycles. The van der Waals surface area contributed by atoms with Crippen LogP contribution >= 0.6 is 0 Å². The molecule has 24 heavy (non-hydrogen) atoms. The van der Waals surface area contributed by atoms with Crippen LogP contribution in [0.4, 0.5) is 0 Å². The Morgan fingerprint density at radius 3 is 2.62 bits per heavy atom. The van der Waals surface area contributed by atoms with Crippen molar-refractivity contribution in [1.29, 1.82) is 0 Å². The van der Waals surface area contributed by atoms with Crippen molar-refractivity contribution in [1.82, 2.24) is 20.4 Å². The van der Waals surface area contributed by atoms with E-state index in [1.165, 1.54) is 5.56 Å². The van der Waals surface area contributed by atoms with E-state index in [4.69, 9.17) is 4.99 Å². The van der Waals surface area contributed by atoms with E-state index >= 15 is 0 Å². The highest BCUT2D eigenvalue weighted by Crippen LogP contribution is 2.12. The van der Waals surface area contributed by atoms with Crippen molar-refractivity contribution in [3.8, 4) is 0 Å². The van der Waals surface area contributed by atoms with Gasteiger partial charge in [0.25, 0.3) is 0 Å². The Morgan fingerprint density at radius 2 is 1.96 bits per heavy atom. The Bertz CT molecular complexity index is 591. The van der Waals surface area contributed by atoms with Crippen LogP contribution in [0.1, 0.15) is 32.3 Å². The standard InChI is InChI=1S/C19H29N5/c1-4-20-19(21-13-16(2)15-24-12-8-11-23-24)22-14-17(3)18-9-6-5-7-10-18/h5-12,16-17H,4,13-15H2,1-3H3,(H2,20,21,22). The van der Waals surface area contributed by atoms with Gasteiger partial charge >= 0.3 is 0 Å². The Labute approximate surface area is 145 Å². The molecule has 0 amide bonds. The minimum atomic E-state index is 0.437. The van der Waals surface area contributed by atoms with Crippen molar-refractivity contribution < 1.29 is 0 Å². The van der Waals surface area contributed by atoms with Crippen LogP contribution < -0.4 is 10.6 Å². The van der Waals surface area contributed by atoms with E-state index in [0.29, 0.717) is 11.8 Å².